The Labute approximate surface area is 142 Å². The van der Waals surface area contributed by atoms with E-state index in [9.17, 15) is 9.18 Å². The van der Waals surface area contributed by atoms with Crippen LogP contribution in [0.1, 0.15) is 21.6 Å². The summed E-state index contributed by atoms with van der Waals surface area (Å²) in [5.74, 6) is -0.771. The van der Waals surface area contributed by atoms with Gasteiger partial charge in [0, 0.05) is 16.6 Å². The van der Waals surface area contributed by atoms with E-state index in [1.807, 2.05) is 18.4 Å². The van der Waals surface area contributed by atoms with E-state index in [2.05, 4.69) is 4.98 Å². The second kappa shape index (κ2) is 6.80. The summed E-state index contributed by atoms with van der Waals surface area (Å²) in [5.41, 5.74) is 8.96. The minimum Gasteiger partial charge on any atom is -0.455 e. The number of carbonyl (C=O) groups excluding carboxylic acids is 1. The molecule has 0 saturated heterocycles. The van der Waals surface area contributed by atoms with Crippen molar-refractivity contribution in [2.75, 3.05) is 5.73 Å². The van der Waals surface area contributed by atoms with Gasteiger partial charge in [0.25, 0.3) is 0 Å². The van der Waals surface area contributed by atoms with Crippen LogP contribution in [0.4, 0.5) is 10.1 Å². The smallest absolute Gasteiger partial charge is 0.340 e. The number of carbonyl (C=O) groups is 1. The first kappa shape index (κ1) is 16.1. The van der Waals surface area contributed by atoms with Gasteiger partial charge < -0.3 is 10.5 Å². The van der Waals surface area contributed by atoms with Crippen LogP contribution in [0.5, 0.6) is 0 Å². The number of nitrogens with two attached hydrogens (primary N) is 1. The van der Waals surface area contributed by atoms with Gasteiger partial charge in [0.15, 0.2) is 0 Å². The molecule has 4 nitrogen and oxygen atoms in total. The van der Waals surface area contributed by atoms with Crippen LogP contribution < -0.4 is 5.73 Å². The van der Waals surface area contributed by atoms with Gasteiger partial charge in [-0.05, 0) is 42.8 Å². The number of rotatable bonds is 4. The van der Waals surface area contributed by atoms with E-state index < -0.39 is 5.97 Å². The van der Waals surface area contributed by atoms with Crippen LogP contribution in [-0.4, -0.2) is 11.0 Å². The summed E-state index contributed by atoms with van der Waals surface area (Å²) >= 11 is 1.41. The highest BCUT2D eigenvalue weighted by atomic mass is 32.1. The third-order valence-corrected chi connectivity index (χ3v) is 4.48. The molecular formula is C18H15FN2O2S. The van der Waals surface area contributed by atoms with Gasteiger partial charge in [0.05, 0.1) is 11.3 Å². The van der Waals surface area contributed by atoms with Gasteiger partial charge in [-0.2, -0.15) is 0 Å². The van der Waals surface area contributed by atoms with Gasteiger partial charge in [-0.15, -0.1) is 11.3 Å². The fourth-order valence-corrected chi connectivity index (χ4v) is 2.98. The maximum Gasteiger partial charge on any atom is 0.340 e. The Kier molecular flexibility index (Phi) is 4.57. The minimum atomic E-state index is -0.479. The molecule has 0 aliphatic carbocycles. The number of anilines is 1. The normalized spacial score (nSPS) is 10.6. The van der Waals surface area contributed by atoms with Crippen LogP contribution in [0.15, 0.2) is 47.8 Å². The second-order valence-electron chi connectivity index (χ2n) is 5.26. The molecule has 0 aliphatic rings. The molecule has 0 bridgehead atoms. The quantitative estimate of drug-likeness (QED) is 0.570. The molecule has 0 radical (unpaired) electrons. The summed E-state index contributed by atoms with van der Waals surface area (Å²) in [7, 11) is 0. The number of hydrogen-bond acceptors (Lipinski definition) is 5. The minimum absolute atomic E-state index is 0.0594. The SMILES string of the molecule is Cc1cccc(C(=O)OCc2csc(-c3ccc(F)cc3)n2)c1N. The van der Waals surface area contributed by atoms with E-state index in [1.54, 1.807) is 24.3 Å². The summed E-state index contributed by atoms with van der Waals surface area (Å²) in [4.78, 5) is 16.5. The van der Waals surface area contributed by atoms with Crippen molar-refractivity contribution in [3.8, 4) is 10.6 Å². The molecule has 0 amide bonds. The summed E-state index contributed by atoms with van der Waals surface area (Å²) in [5, 5.41) is 2.56. The average Bonchev–Trinajstić information content (AvgIpc) is 3.05. The number of halogens is 1. The van der Waals surface area contributed by atoms with Gasteiger partial charge in [-0.1, -0.05) is 12.1 Å². The van der Waals surface area contributed by atoms with Crippen molar-refractivity contribution in [1.82, 2.24) is 4.98 Å². The summed E-state index contributed by atoms with van der Waals surface area (Å²) in [6, 6.07) is 11.3. The lowest BCUT2D eigenvalue weighted by Gasteiger charge is -2.07. The molecule has 6 heteroatoms. The van der Waals surface area contributed by atoms with Crippen LogP contribution >= 0.6 is 11.3 Å². The number of hydrogen-bond donors (Lipinski definition) is 1. The molecule has 0 saturated carbocycles. The molecule has 24 heavy (non-hydrogen) atoms. The Balaban J connectivity index is 1.68. The molecule has 1 heterocycles. The van der Waals surface area contributed by atoms with E-state index in [-0.39, 0.29) is 12.4 Å². The van der Waals surface area contributed by atoms with E-state index >= 15 is 0 Å². The van der Waals surface area contributed by atoms with Crippen LogP contribution in [-0.2, 0) is 11.3 Å². The Bertz CT molecular complexity index is 875. The van der Waals surface area contributed by atoms with Gasteiger partial charge >= 0.3 is 5.97 Å². The van der Waals surface area contributed by atoms with Crippen molar-refractivity contribution >= 4 is 23.0 Å². The fraction of sp³-hybridized carbons (Fsp3) is 0.111. The lowest BCUT2D eigenvalue weighted by atomic mass is 10.1. The topological polar surface area (TPSA) is 65.2 Å². The van der Waals surface area contributed by atoms with Crippen LogP contribution in [0.25, 0.3) is 10.6 Å². The summed E-state index contributed by atoms with van der Waals surface area (Å²) in [6.07, 6.45) is 0. The summed E-state index contributed by atoms with van der Waals surface area (Å²) in [6.45, 7) is 1.89. The largest absolute Gasteiger partial charge is 0.455 e. The first-order valence-electron chi connectivity index (χ1n) is 7.27. The van der Waals surface area contributed by atoms with Crippen molar-refractivity contribution in [2.24, 2.45) is 0 Å². The molecule has 3 aromatic rings. The zero-order valence-corrected chi connectivity index (χ0v) is 13.8. The molecule has 3 rings (SSSR count). The first-order valence-corrected chi connectivity index (χ1v) is 8.15. The second-order valence-corrected chi connectivity index (χ2v) is 6.12. The number of aryl methyl sites for hydroxylation is 1. The van der Waals surface area contributed by atoms with Crippen LogP contribution in [0.2, 0.25) is 0 Å². The molecule has 0 atom stereocenters. The molecule has 2 aromatic carbocycles. The Morgan fingerprint density at radius 2 is 2.00 bits per heavy atom. The van der Waals surface area contributed by atoms with Crippen molar-refractivity contribution < 1.29 is 13.9 Å². The highest BCUT2D eigenvalue weighted by Crippen LogP contribution is 2.24. The van der Waals surface area contributed by atoms with E-state index in [0.717, 1.165) is 16.1 Å². The van der Waals surface area contributed by atoms with E-state index in [0.29, 0.717) is 16.9 Å². The molecule has 1 aromatic heterocycles. The number of nitrogen functional groups attached to an aromatic ring is 1. The highest BCUT2D eigenvalue weighted by molar-refractivity contribution is 7.13. The van der Waals surface area contributed by atoms with E-state index in [4.69, 9.17) is 10.5 Å². The molecule has 122 valence electrons. The van der Waals surface area contributed by atoms with Crippen molar-refractivity contribution in [3.05, 3.63) is 70.5 Å². The van der Waals surface area contributed by atoms with Gasteiger partial charge in [-0.25, -0.2) is 14.2 Å². The molecular weight excluding hydrogens is 327 g/mol. The first-order chi connectivity index (χ1) is 11.5. The fourth-order valence-electron chi connectivity index (χ4n) is 2.17. The zero-order valence-electron chi connectivity index (χ0n) is 13.0. The molecule has 2 N–H and O–H groups in total. The lowest BCUT2D eigenvalue weighted by molar-refractivity contribution is 0.0469. The highest BCUT2D eigenvalue weighted by Gasteiger charge is 2.13. The van der Waals surface area contributed by atoms with Gasteiger partial charge in [0.2, 0.25) is 0 Å². The number of benzene rings is 2. The lowest BCUT2D eigenvalue weighted by Crippen LogP contribution is -2.09. The number of thiazole rings is 1. The van der Waals surface area contributed by atoms with Crippen LogP contribution in [0.3, 0.4) is 0 Å². The number of para-hydroxylation sites is 1. The van der Waals surface area contributed by atoms with Crippen molar-refractivity contribution in [3.63, 3.8) is 0 Å². The summed E-state index contributed by atoms with van der Waals surface area (Å²) < 4.78 is 18.2. The molecule has 0 fully saturated rings. The maximum absolute atomic E-state index is 13.0. The predicted octanol–water partition coefficient (Wildman–Crippen LogP) is 4.20. The van der Waals surface area contributed by atoms with E-state index in [1.165, 1.54) is 23.5 Å². The standard InChI is InChI=1S/C18H15FN2O2S/c1-11-3-2-4-15(16(11)20)18(22)23-9-14-10-24-17(21-14)12-5-7-13(19)8-6-12/h2-8,10H,9,20H2,1H3. The number of aromatic nitrogens is 1. The number of ether oxygens (including phenoxy) is 1. The Hall–Kier alpha value is -2.73. The average molecular weight is 342 g/mol. The molecule has 0 aliphatic heterocycles. The zero-order chi connectivity index (χ0) is 17.1. The van der Waals surface area contributed by atoms with Gasteiger partial charge in [-0.3, -0.25) is 0 Å². The van der Waals surface area contributed by atoms with Crippen molar-refractivity contribution in [1.29, 1.82) is 0 Å². The Morgan fingerprint density at radius 1 is 1.25 bits per heavy atom. The monoisotopic (exact) mass is 342 g/mol. The van der Waals surface area contributed by atoms with Crippen molar-refractivity contribution in [2.45, 2.75) is 13.5 Å². The third-order valence-electron chi connectivity index (χ3n) is 3.54. The molecule has 0 unspecified atom stereocenters. The maximum atomic E-state index is 13.0. The van der Waals surface area contributed by atoms with Gasteiger partial charge in [0.1, 0.15) is 17.4 Å². The van der Waals surface area contributed by atoms with Crippen LogP contribution in [0, 0.1) is 12.7 Å². The molecule has 0 spiro atoms. The third kappa shape index (κ3) is 3.44. The number of esters is 1. The number of nitrogens with zero attached hydrogens (tertiary/aromatic N) is 1. The predicted molar refractivity (Wildman–Crippen MR) is 92.2 cm³/mol. The Morgan fingerprint density at radius 3 is 2.75 bits per heavy atom.